The summed E-state index contributed by atoms with van der Waals surface area (Å²) in [5.41, 5.74) is 0. The number of hydrogen-bond donors (Lipinski definition) is 5. The van der Waals surface area contributed by atoms with Crippen LogP contribution in [0.3, 0.4) is 0 Å². The Bertz CT molecular complexity index is 342. The summed E-state index contributed by atoms with van der Waals surface area (Å²) in [6.07, 6.45) is -5.70. The first-order chi connectivity index (χ1) is 8.76. The lowest BCUT2D eigenvalue weighted by atomic mass is 10.00. The van der Waals surface area contributed by atoms with E-state index in [1.807, 2.05) is 0 Å². The standard InChI is InChI=1S/C10H16O9/c1-3-6(13)19-10(18-2,9(16)17)8(15)7(14)5(12)4-11/h3,5,7-8,11-12,14-15H,1,4H2,2H3,(H,16,17). The molecule has 0 amide bonds. The van der Waals surface area contributed by atoms with Crippen LogP contribution < -0.4 is 0 Å². The van der Waals surface area contributed by atoms with Crippen molar-refractivity contribution in [1.82, 2.24) is 0 Å². The molecule has 5 N–H and O–H groups in total. The smallest absolute Gasteiger partial charge is 0.380 e. The van der Waals surface area contributed by atoms with Crippen LogP contribution in [-0.2, 0) is 19.1 Å². The van der Waals surface area contributed by atoms with Crippen LogP contribution in [0.1, 0.15) is 0 Å². The third-order valence-corrected chi connectivity index (χ3v) is 2.31. The average Bonchev–Trinajstić information content (AvgIpc) is 2.41. The van der Waals surface area contributed by atoms with E-state index in [-0.39, 0.29) is 0 Å². The molecule has 9 heteroatoms. The molecule has 4 unspecified atom stereocenters. The predicted octanol–water partition coefficient (Wildman–Crippen LogP) is -2.78. The van der Waals surface area contributed by atoms with Gasteiger partial charge in [-0.25, -0.2) is 9.59 Å². The average molecular weight is 280 g/mol. The third-order valence-electron chi connectivity index (χ3n) is 2.31. The molecule has 0 spiro atoms. The van der Waals surface area contributed by atoms with Crippen LogP contribution in [0.4, 0.5) is 0 Å². The van der Waals surface area contributed by atoms with E-state index in [0.717, 1.165) is 7.11 Å². The number of esters is 1. The summed E-state index contributed by atoms with van der Waals surface area (Å²) in [6.45, 7) is 2.09. The number of rotatable bonds is 8. The van der Waals surface area contributed by atoms with Crippen LogP contribution in [0.2, 0.25) is 0 Å². The fraction of sp³-hybridized carbons (Fsp3) is 0.600. The van der Waals surface area contributed by atoms with Gasteiger partial charge in [-0.3, -0.25) is 0 Å². The molecule has 0 heterocycles. The summed E-state index contributed by atoms with van der Waals surface area (Å²) in [5.74, 6) is -6.09. The molecule has 0 aromatic carbocycles. The number of aliphatic hydroxyl groups excluding tert-OH is 4. The van der Waals surface area contributed by atoms with E-state index < -0.39 is 42.6 Å². The fourth-order valence-electron chi connectivity index (χ4n) is 1.21. The van der Waals surface area contributed by atoms with Crippen molar-refractivity contribution in [2.75, 3.05) is 13.7 Å². The van der Waals surface area contributed by atoms with Crippen LogP contribution in [0.5, 0.6) is 0 Å². The van der Waals surface area contributed by atoms with Gasteiger partial charge in [-0.2, -0.15) is 0 Å². The molecule has 9 nitrogen and oxygen atoms in total. The maximum Gasteiger partial charge on any atom is 0.380 e. The fourth-order valence-corrected chi connectivity index (χ4v) is 1.21. The Morgan fingerprint density at radius 2 is 1.89 bits per heavy atom. The SMILES string of the molecule is C=CC(=O)OC(OC)(C(=O)O)C(O)C(O)C(O)CO. The number of methoxy groups -OCH3 is 1. The van der Waals surface area contributed by atoms with Crippen molar-refractivity contribution in [2.45, 2.75) is 24.1 Å². The molecule has 0 radical (unpaired) electrons. The van der Waals surface area contributed by atoms with Gasteiger partial charge in [-0.15, -0.1) is 0 Å². The summed E-state index contributed by atoms with van der Waals surface area (Å²) in [7, 11) is 0.811. The number of carbonyl (C=O) groups excluding carboxylic acids is 1. The van der Waals surface area contributed by atoms with Crippen LogP contribution >= 0.6 is 0 Å². The first-order valence-corrected chi connectivity index (χ1v) is 5.05. The van der Waals surface area contributed by atoms with Gasteiger partial charge in [0, 0.05) is 13.2 Å². The third kappa shape index (κ3) is 3.72. The molecule has 4 atom stereocenters. The highest BCUT2D eigenvalue weighted by atomic mass is 16.7. The van der Waals surface area contributed by atoms with Crippen molar-refractivity contribution in [3.8, 4) is 0 Å². The zero-order valence-corrected chi connectivity index (χ0v) is 10.1. The highest BCUT2D eigenvalue weighted by Gasteiger charge is 2.54. The highest BCUT2D eigenvalue weighted by molar-refractivity contribution is 5.86. The minimum Gasteiger partial charge on any atom is -0.476 e. The van der Waals surface area contributed by atoms with Gasteiger partial charge in [0.15, 0.2) is 6.10 Å². The van der Waals surface area contributed by atoms with E-state index in [1.165, 1.54) is 0 Å². The Morgan fingerprint density at radius 1 is 1.37 bits per heavy atom. The Labute approximate surface area is 108 Å². The molecule has 19 heavy (non-hydrogen) atoms. The van der Waals surface area contributed by atoms with Crippen molar-refractivity contribution in [3.05, 3.63) is 12.7 Å². The molecular weight excluding hydrogens is 264 g/mol. The van der Waals surface area contributed by atoms with Gasteiger partial charge in [0.25, 0.3) is 0 Å². The number of ether oxygens (including phenoxy) is 2. The van der Waals surface area contributed by atoms with Crippen molar-refractivity contribution >= 4 is 11.9 Å². The minimum atomic E-state index is -2.94. The van der Waals surface area contributed by atoms with E-state index in [1.54, 1.807) is 0 Å². The molecule has 0 aliphatic heterocycles. The largest absolute Gasteiger partial charge is 0.476 e. The van der Waals surface area contributed by atoms with Gasteiger partial charge in [0.1, 0.15) is 12.2 Å². The monoisotopic (exact) mass is 280 g/mol. The first-order valence-electron chi connectivity index (χ1n) is 5.05. The van der Waals surface area contributed by atoms with E-state index in [4.69, 9.17) is 15.3 Å². The highest BCUT2D eigenvalue weighted by Crippen LogP contribution is 2.23. The summed E-state index contributed by atoms with van der Waals surface area (Å²) in [6, 6.07) is 0. The topological polar surface area (TPSA) is 154 Å². The molecule has 0 rings (SSSR count). The summed E-state index contributed by atoms with van der Waals surface area (Å²) >= 11 is 0. The van der Waals surface area contributed by atoms with E-state index in [2.05, 4.69) is 16.1 Å². The van der Waals surface area contributed by atoms with Gasteiger partial charge in [-0.1, -0.05) is 6.58 Å². The second-order valence-electron chi connectivity index (χ2n) is 3.49. The molecule has 0 aromatic rings. The number of carbonyl (C=O) groups is 2. The van der Waals surface area contributed by atoms with Crippen LogP contribution in [-0.4, -0.2) is 75.3 Å². The molecule has 0 fully saturated rings. The second kappa shape index (κ2) is 7.16. The molecule has 0 saturated heterocycles. The zero-order chi connectivity index (χ0) is 15.2. The Balaban J connectivity index is 5.39. The van der Waals surface area contributed by atoms with Gasteiger partial charge in [0.2, 0.25) is 0 Å². The Kier molecular flexibility index (Phi) is 6.59. The molecule has 0 aliphatic rings. The van der Waals surface area contributed by atoms with E-state index in [9.17, 15) is 19.8 Å². The second-order valence-corrected chi connectivity index (χ2v) is 3.49. The van der Waals surface area contributed by atoms with Crippen molar-refractivity contribution in [1.29, 1.82) is 0 Å². The number of aliphatic hydroxyl groups is 4. The van der Waals surface area contributed by atoms with Crippen LogP contribution in [0.25, 0.3) is 0 Å². The van der Waals surface area contributed by atoms with Crippen molar-refractivity contribution in [3.63, 3.8) is 0 Å². The molecule has 0 aliphatic carbocycles. The predicted molar refractivity (Wildman–Crippen MR) is 58.8 cm³/mol. The molecule has 0 aromatic heterocycles. The molecule has 110 valence electrons. The first kappa shape index (κ1) is 17.5. The number of carboxylic acid groups (broad SMARTS) is 1. The van der Waals surface area contributed by atoms with Gasteiger partial charge in [0.05, 0.1) is 6.61 Å². The molecule has 0 saturated carbocycles. The van der Waals surface area contributed by atoms with Crippen LogP contribution in [0.15, 0.2) is 12.7 Å². The lowest BCUT2D eigenvalue weighted by Gasteiger charge is -2.34. The lowest BCUT2D eigenvalue weighted by molar-refractivity contribution is -0.277. The Morgan fingerprint density at radius 3 is 2.21 bits per heavy atom. The molecule has 0 bridgehead atoms. The van der Waals surface area contributed by atoms with Gasteiger partial charge >= 0.3 is 17.7 Å². The zero-order valence-electron chi connectivity index (χ0n) is 10.1. The maximum atomic E-state index is 11.1. The van der Waals surface area contributed by atoms with E-state index in [0.29, 0.717) is 6.08 Å². The Hall–Kier alpha value is -1.52. The number of carboxylic acids is 1. The lowest BCUT2D eigenvalue weighted by Crippen LogP contribution is -2.61. The quantitative estimate of drug-likeness (QED) is 0.180. The maximum absolute atomic E-state index is 11.1. The van der Waals surface area contributed by atoms with Gasteiger partial charge < -0.3 is 35.0 Å². The summed E-state index contributed by atoms with van der Waals surface area (Å²) < 4.78 is 8.85. The summed E-state index contributed by atoms with van der Waals surface area (Å²) in [4.78, 5) is 22.2. The number of aliphatic carboxylic acids is 1. The summed E-state index contributed by atoms with van der Waals surface area (Å²) in [5, 5.41) is 45.9. The van der Waals surface area contributed by atoms with Crippen molar-refractivity contribution in [2.24, 2.45) is 0 Å². The van der Waals surface area contributed by atoms with E-state index >= 15 is 0 Å². The van der Waals surface area contributed by atoms with Crippen LogP contribution in [0, 0.1) is 0 Å². The van der Waals surface area contributed by atoms with Gasteiger partial charge in [-0.05, 0) is 0 Å². The minimum absolute atomic E-state index is 0.623. The number of hydrogen-bond acceptors (Lipinski definition) is 8. The van der Waals surface area contributed by atoms with Crippen molar-refractivity contribution < 1.29 is 44.6 Å². The molecular formula is C10H16O9. The normalized spacial score (nSPS) is 18.8.